The number of nitrogens with one attached hydrogen (secondary N) is 1. The zero-order chi connectivity index (χ0) is 17.6. The van der Waals surface area contributed by atoms with Gasteiger partial charge in [-0.3, -0.25) is 19.1 Å². The number of rotatable bonds is 5. The molecule has 8 nitrogen and oxygen atoms in total. The lowest BCUT2D eigenvalue weighted by Crippen LogP contribution is -2.30. The van der Waals surface area contributed by atoms with Crippen molar-refractivity contribution >= 4 is 17.1 Å². The molecule has 1 aliphatic rings. The molecule has 4 rings (SSSR count). The van der Waals surface area contributed by atoms with E-state index in [2.05, 4.69) is 9.97 Å². The molecule has 128 valence electrons. The summed E-state index contributed by atoms with van der Waals surface area (Å²) in [7, 11) is 0. The highest BCUT2D eigenvalue weighted by Gasteiger charge is 2.30. The summed E-state index contributed by atoms with van der Waals surface area (Å²) in [6.45, 7) is 0.311. The molecular weight excluding hydrogens is 324 g/mol. The molecule has 2 N–H and O–H groups in total. The van der Waals surface area contributed by atoms with Gasteiger partial charge in [0.1, 0.15) is 12.2 Å². The lowest BCUT2D eigenvalue weighted by molar-refractivity contribution is -0.136. The number of carboxylic acids is 1. The van der Waals surface area contributed by atoms with Crippen LogP contribution in [0, 0.1) is 0 Å². The SMILES string of the molecule is O=C(O)Cc1nc2c(c(=O)[nH]c(=O)n2C2CC2)n1Cc1ccccc1. The zero-order valence-electron chi connectivity index (χ0n) is 13.3. The molecule has 0 radical (unpaired) electrons. The largest absolute Gasteiger partial charge is 0.481 e. The minimum Gasteiger partial charge on any atom is -0.481 e. The van der Waals surface area contributed by atoms with E-state index < -0.39 is 17.2 Å². The van der Waals surface area contributed by atoms with Crippen molar-refractivity contribution in [3.63, 3.8) is 0 Å². The van der Waals surface area contributed by atoms with E-state index in [1.807, 2.05) is 30.3 Å². The summed E-state index contributed by atoms with van der Waals surface area (Å²) in [5.74, 6) is -0.779. The molecular formula is C17H16N4O4. The van der Waals surface area contributed by atoms with E-state index in [-0.39, 0.29) is 29.5 Å². The second-order valence-electron chi connectivity index (χ2n) is 6.20. The molecule has 0 saturated heterocycles. The topological polar surface area (TPSA) is 110 Å². The molecule has 1 aromatic carbocycles. The fraction of sp³-hybridized carbons (Fsp3) is 0.294. The number of carbonyl (C=O) groups is 1. The first-order valence-corrected chi connectivity index (χ1v) is 8.04. The van der Waals surface area contributed by atoms with Crippen LogP contribution in [-0.4, -0.2) is 30.2 Å². The van der Waals surface area contributed by atoms with Crippen molar-refractivity contribution in [2.45, 2.75) is 31.8 Å². The Morgan fingerprint density at radius 3 is 2.60 bits per heavy atom. The van der Waals surface area contributed by atoms with Gasteiger partial charge >= 0.3 is 11.7 Å². The summed E-state index contributed by atoms with van der Waals surface area (Å²) in [5, 5.41) is 9.19. The number of imidazole rings is 1. The first kappa shape index (κ1) is 15.4. The van der Waals surface area contributed by atoms with Crippen LogP contribution >= 0.6 is 0 Å². The van der Waals surface area contributed by atoms with Crippen LogP contribution in [0.4, 0.5) is 0 Å². The van der Waals surface area contributed by atoms with Crippen LogP contribution in [-0.2, 0) is 17.8 Å². The zero-order valence-corrected chi connectivity index (χ0v) is 13.3. The van der Waals surface area contributed by atoms with Gasteiger partial charge in [0.25, 0.3) is 5.56 Å². The van der Waals surface area contributed by atoms with E-state index in [1.54, 1.807) is 4.57 Å². The quantitative estimate of drug-likeness (QED) is 0.717. The summed E-state index contributed by atoms with van der Waals surface area (Å²) < 4.78 is 3.07. The maximum atomic E-state index is 12.4. The molecule has 2 heterocycles. The number of aromatic nitrogens is 4. The summed E-state index contributed by atoms with van der Waals surface area (Å²) in [5.41, 5.74) is 0.384. The minimum atomic E-state index is -1.04. The van der Waals surface area contributed by atoms with Gasteiger partial charge in [0.2, 0.25) is 0 Å². The summed E-state index contributed by atoms with van der Waals surface area (Å²) in [4.78, 5) is 42.5. The van der Waals surface area contributed by atoms with Crippen LogP contribution in [0.15, 0.2) is 39.9 Å². The van der Waals surface area contributed by atoms with Gasteiger partial charge < -0.3 is 9.67 Å². The van der Waals surface area contributed by atoms with E-state index in [9.17, 15) is 19.5 Å². The molecule has 0 spiro atoms. The highest BCUT2D eigenvalue weighted by atomic mass is 16.4. The van der Waals surface area contributed by atoms with Gasteiger partial charge in [0.15, 0.2) is 11.2 Å². The lowest BCUT2D eigenvalue weighted by Gasteiger charge is -2.08. The monoisotopic (exact) mass is 340 g/mol. The van der Waals surface area contributed by atoms with Crippen LogP contribution in [0.3, 0.4) is 0 Å². The van der Waals surface area contributed by atoms with Crippen LogP contribution in [0.5, 0.6) is 0 Å². The van der Waals surface area contributed by atoms with E-state index >= 15 is 0 Å². The van der Waals surface area contributed by atoms with Crippen molar-refractivity contribution < 1.29 is 9.90 Å². The number of fused-ring (bicyclic) bond motifs is 1. The fourth-order valence-electron chi connectivity index (χ4n) is 3.07. The van der Waals surface area contributed by atoms with Crippen LogP contribution in [0.2, 0.25) is 0 Å². The van der Waals surface area contributed by atoms with Crippen molar-refractivity contribution in [1.29, 1.82) is 0 Å². The number of H-pyrrole nitrogens is 1. The molecule has 1 fully saturated rings. The Morgan fingerprint density at radius 2 is 1.96 bits per heavy atom. The molecule has 2 aromatic heterocycles. The number of benzene rings is 1. The van der Waals surface area contributed by atoms with Gasteiger partial charge in [0, 0.05) is 12.6 Å². The standard InChI is InChI=1S/C17H16N4O4/c22-13(23)8-12-18-15-14(20(12)9-10-4-2-1-3-5-10)16(24)19-17(25)21(15)11-6-7-11/h1-5,11H,6-9H2,(H,22,23)(H,19,24,25). The van der Waals surface area contributed by atoms with Gasteiger partial charge in [-0.15, -0.1) is 0 Å². The van der Waals surface area contributed by atoms with E-state index in [1.165, 1.54) is 4.57 Å². The summed E-state index contributed by atoms with van der Waals surface area (Å²) in [6.07, 6.45) is 1.38. The molecule has 1 aliphatic carbocycles. The normalized spacial score (nSPS) is 14.1. The molecule has 0 aliphatic heterocycles. The van der Waals surface area contributed by atoms with Gasteiger partial charge in [0.05, 0.1) is 0 Å². The van der Waals surface area contributed by atoms with Crippen LogP contribution in [0.1, 0.15) is 30.3 Å². The van der Waals surface area contributed by atoms with Gasteiger partial charge in [-0.2, -0.15) is 0 Å². The smallest absolute Gasteiger partial charge is 0.330 e. The molecule has 0 bridgehead atoms. The average Bonchev–Trinajstić information content (AvgIpc) is 3.32. The predicted molar refractivity (Wildman–Crippen MR) is 89.8 cm³/mol. The second-order valence-corrected chi connectivity index (χ2v) is 6.20. The van der Waals surface area contributed by atoms with Crippen molar-refractivity contribution in [3.05, 3.63) is 62.6 Å². The third-order valence-corrected chi connectivity index (χ3v) is 4.32. The Labute approximate surface area is 141 Å². The average molecular weight is 340 g/mol. The third kappa shape index (κ3) is 2.75. The highest BCUT2D eigenvalue weighted by Crippen LogP contribution is 2.35. The Kier molecular flexibility index (Phi) is 3.52. The van der Waals surface area contributed by atoms with Crippen molar-refractivity contribution in [1.82, 2.24) is 19.1 Å². The Morgan fingerprint density at radius 1 is 1.24 bits per heavy atom. The Hall–Kier alpha value is -3.16. The third-order valence-electron chi connectivity index (χ3n) is 4.32. The Bertz CT molecular complexity index is 1070. The molecule has 1 saturated carbocycles. The molecule has 0 amide bonds. The van der Waals surface area contributed by atoms with Crippen molar-refractivity contribution in [2.24, 2.45) is 0 Å². The number of hydrogen-bond donors (Lipinski definition) is 2. The number of aliphatic carboxylic acids is 1. The van der Waals surface area contributed by atoms with Crippen molar-refractivity contribution in [3.8, 4) is 0 Å². The summed E-state index contributed by atoms with van der Waals surface area (Å²) in [6, 6.07) is 9.42. The number of nitrogens with zero attached hydrogens (tertiary/aromatic N) is 3. The summed E-state index contributed by atoms with van der Waals surface area (Å²) >= 11 is 0. The Balaban J connectivity index is 1.98. The predicted octanol–water partition coefficient (Wildman–Crippen LogP) is 0.897. The molecule has 25 heavy (non-hydrogen) atoms. The number of aromatic amines is 1. The van der Waals surface area contributed by atoms with E-state index in [0.29, 0.717) is 6.54 Å². The van der Waals surface area contributed by atoms with Gasteiger partial charge in [-0.1, -0.05) is 30.3 Å². The first-order valence-electron chi connectivity index (χ1n) is 8.04. The van der Waals surface area contributed by atoms with Gasteiger partial charge in [-0.25, -0.2) is 9.78 Å². The number of carboxylic acid groups (broad SMARTS) is 1. The van der Waals surface area contributed by atoms with Crippen LogP contribution < -0.4 is 11.2 Å². The lowest BCUT2D eigenvalue weighted by atomic mass is 10.2. The molecule has 3 aromatic rings. The van der Waals surface area contributed by atoms with E-state index in [0.717, 1.165) is 18.4 Å². The minimum absolute atomic E-state index is 0.0182. The molecule has 8 heteroatoms. The maximum absolute atomic E-state index is 12.4. The first-order chi connectivity index (χ1) is 12.0. The van der Waals surface area contributed by atoms with Gasteiger partial charge in [-0.05, 0) is 18.4 Å². The highest BCUT2D eigenvalue weighted by molar-refractivity contribution is 5.75. The maximum Gasteiger partial charge on any atom is 0.330 e. The van der Waals surface area contributed by atoms with Crippen LogP contribution in [0.25, 0.3) is 11.2 Å². The molecule has 0 atom stereocenters. The molecule has 0 unspecified atom stereocenters. The second kappa shape index (κ2) is 5.73. The fourth-order valence-corrected chi connectivity index (χ4v) is 3.07. The van der Waals surface area contributed by atoms with Crippen molar-refractivity contribution in [2.75, 3.05) is 0 Å². The number of hydrogen-bond acceptors (Lipinski definition) is 4. The van der Waals surface area contributed by atoms with E-state index in [4.69, 9.17) is 0 Å².